The highest BCUT2D eigenvalue weighted by molar-refractivity contribution is 9.10. The minimum absolute atomic E-state index is 0.00719. The summed E-state index contributed by atoms with van der Waals surface area (Å²) in [6.45, 7) is 3.90. The fourth-order valence-electron chi connectivity index (χ4n) is 2.36. The number of benzene rings is 1. The number of nitrogens with one attached hydrogen (secondary N) is 2. The van der Waals surface area contributed by atoms with Gasteiger partial charge in [0.2, 0.25) is 5.95 Å². The molecule has 0 amide bonds. The molecular formula is C19H20BrN5O. The molecule has 2 aromatic heterocycles. The molecule has 0 unspecified atom stereocenters. The van der Waals surface area contributed by atoms with Crippen LogP contribution in [0.2, 0.25) is 0 Å². The highest BCUT2D eigenvalue weighted by atomic mass is 79.9. The number of pyridine rings is 1. The minimum Gasteiger partial charge on any atom is -0.394 e. The highest BCUT2D eigenvalue weighted by Gasteiger charge is 2.10. The van der Waals surface area contributed by atoms with Crippen molar-refractivity contribution in [3.63, 3.8) is 0 Å². The summed E-state index contributed by atoms with van der Waals surface area (Å²) in [5.74, 6) is 1.09. The lowest BCUT2D eigenvalue weighted by Crippen LogP contribution is -2.21. The third-order valence-electron chi connectivity index (χ3n) is 3.72. The van der Waals surface area contributed by atoms with Crippen LogP contribution in [0.1, 0.15) is 12.5 Å². The molecule has 0 fully saturated rings. The lowest BCUT2D eigenvalue weighted by molar-refractivity contribution is 0.281. The zero-order chi connectivity index (χ0) is 18.5. The summed E-state index contributed by atoms with van der Waals surface area (Å²) in [6, 6.07) is 11.6. The van der Waals surface area contributed by atoms with Crippen molar-refractivity contribution < 1.29 is 5.11 Å². The number of hydrogen-bond acceptors (Lipinski definition) is 6. The predicted octanol–water partition coefficient (Wildman–Crippen LogP) is 4.15. The van der Waals surface area contributed by atoms with Gasteiger partial charge in [-0.3, -0.25) is 4.98 Å². The van der Waals surface area contributed by atoms with Gasteiger partial charge >= 0.3 is 0 Å². The van der Waals surface area contributed by atoms with Crippen LogP contribution in [-0.4, -0.2) is 32.7 Å². The van der Waals surface area contributed by atoms with Gasteiger partial charge < -0.3 is 15.7 Å². The standard InChI is InChI=1S/C19H20BrN5O/c1-12-5-6-16(15(20)8-12)23-18-9-17(14-4-3-7-21-10-14)24-19(25-18)22-13(2)11-26/h3-10,13,26H,11H2,1-2H3,(H2,22,23,24,25)/t13-/m1/s1. The Balaban J connectivity index is 1.98. The van der Waals surface area contributed by atoms with Crippen molar-refractivity contribution in [2.45, 2.75) is 19.9 Å². The smallest absolute Gasteiger partial charge is 0.225 e. The van der Waals surface area contributed by atoms with Crippen molar-refractivity contribution >= 4 is 33.4 Å². The SMILES string of the molecule is Cc1ccc(Nc2cc(-c3cccnc3)nc(N[C@H](C)CO)n2)c(Br)c1. The first-order valence-electron chi connectivity index (χ1n) is 8.25. The molecule has 2 heterocycles. The monoisotopic (exact) mass is 413 g/mol. The molecule has 3 aromatic rings. The summed E-state index contributed by atoms with van der Waals surface area (Å²) in [5, 5.41) is 15.7. The summed E-state index contributed by atoms with van der Waals surface area (Å²) in [5.41, 5.74) is 3.71. The molecule has 134 valence electrons. The molecule has 1 atom stereocenters. The summed E-state index contributed by atoms with van der Waals surface area (Å²) in [6.07, 6.45) is 3.48. The van der Waals surface area contributed by atoms with Crippen LogP contribution in [0, 0.1) is 6.92 Å². The molecule has 0 aliphatic rings. The second-order valence-electron chi connectivity index (χ2n) is 6.04. The Morgan fingerprint density at radius 3 is 2.73 bits per heavy atom. The van der Waals surface area contributed by atoms with Gasteiger partial charge in [-0.2, -0.15) is 4.98 Å². The van der Waals surface area contributed by atoms with Crippen molar-refractivity contribution in [3.8, 4) is 11.3 Å². The van der Waals surface area contributed by atoms with Gasteiger partial charge in [0.25, 0.3) is 0 Å². The van der Waals surface area contributed by atoms with E-state index < -0.39 is 0 Å². The van der Waals surface area contributed by atoms with Gasteiger partial charge in [0.1, 0.15) is 5.82 Å². The molecule has 3 N–H and O–H groups in total. The summed E-state index contributed by atoms with van der Waals surface area (Å²) in [4.78, 5) is 13.2. The van der Waals surface area contributed by atoms with Crippen LogP contribution in [0.15, 0.2) is 53.3 Å². The average Bonchev–Trinajstić information content (AvgIpc) is 2.64. The first-order chi connectivity index (χ1) is 12.5. The third-order valence-corrected chi connectivity index (χ3v) is 4.38. The maximum atomic E-state index is 9.30. The summed E-state index contributed by atoms with van der Waals surface area (Å²) < 4.78 is 0.956. The van der Waals surface area contributed by atoms with Crippen LogP contribution in [0.4, 0.5) is 17.5 Å². The largest absolute Gasteiger partial charge is 0.394 e. The maximum absolute atomic E-state index is 9.30. The van der Waals surface area contributed by atoms with Crippen LogP contribution in [0.25, 0.3) is 11.3 Å². The highest BCUT2D eigenvalue weighted by Crippen LogP contribution is 2.28. The molecule has 0 bridgehead atoms. The van der Waals surface area contributed by atoms with Gasteiger partial charge in [-0.1, -0.05) is 6.07 Å². The van der Waals surface area contributed by atoms with E-state index in [1.54, 1.807) is 12.4 Å². The van der Waals surface area contributed by atoms with Gasteiger partial charge in [0.15, 0.2) is 0 Å². The van der Waals surface area contributed by atoms with Crippen LogP contribution < -0.4 is 10.6 Å². The number of aliphatic hydroxyl groups is 1. The van der Waals surface area contributed by atoms with Crippen molar-refractivity contribution in [2.75, 3.05) is 17.2 Å². The number of aromatic nitrogens is 3. The second-order valence-corrected chi connectivity index (χ2v) is 6.89. The lowest BCUT2D eigenvalue weighted by atomic mass is 10.2. The molecule has 7 heteroatoms. The fourth-order valence-corrected chi connectivity index (χ4v) is 2.96. The van der Waals surface area contributed by atoms with Crippen molar-refractivity contribution in [1.29, 1.82) is 0 Å². The number of anilines is 3. The number of aryl methyl sites for hydroxylation is 1. The van der Waals surface area contributed by atoms with E-state index in [9.17, 15) is 5.11 Å². The van der Waals surface area contributed by atoms with E-state index in [1.165, 1.54) is 5.56 Å². The van der Waals surface area contributed by atoms with Gasteiger partial charge in [0.05, 0.1) is 18.0 Å². The Morgan fingerprint density at radius 2 is 2.04 bits per heavy atom. The van der Waals surface area contributed by atoms with E-state index in [0.717, 1.165) is 21.4 Å². The Hall–Kier alpha value is -2.51. The third kappa shape index (κ3) is 4.56. The molecule has 0 radical (unpaired) electrons. The Bertz CT molecular complexity index is 888. The average molecular weight is 414 g/mol. The normalized spacial score (nSPS) is 11.8. The Kier molecular flexibility index (Phi) is 5.80. The van der Waals surface area contributed by atoms with Crippen LogP contribution in [-0.2, 0) is 0 Å². The number of aliphatic hydroxyl groups excluding tert-OH is 1. The van der Waals surface area contributed by atoms with E-state index in [1.807, 2.05) is 50.2 Å². The Labute approximate surface area is 160 Å². The molecule has 3 rings (SSSR count). The van der Waals surface area contributed by atoms with E-state index >= 15 is 0 Å². The van der Waals surface area contributed by atoms with E-state index in [2.05, 4.69) is 41.5 Å². The molecular weight excluding hydrogens is 394 g/mol. The molecule has 0 saturated heterocycles. The second kappa shape index (κ2) is 8.25. The molecule has 0 saturated carbocycles. The lowest BCUT2D eigenvalue weighted by Gasteiger charge is -2.15. The van der Waals surface area contributed by atoms with Crippen LogP contribution in [0.5, 0.6) is 0 Å². The number of halogens is 1. The van der Waals surface area contributed by atoms with E-state index in [4.69, 9.17) is 0 Å². The quantitative estimate of drug-likeness (QED) is 0.562. The van der Waals surface area contributed by atoms with Crippen molar-refractivity contribution in [2.24, 2.45) is 0 Å². The molecule has 0 spiro atoms. The zero-order valence-corrected chi connectivity index (χ0v) is 16.2. The van der Waals surface area contributed by atoms with Gasteiger partial charge in [-0.25, -0.2) is 4.98 Å². The van der Waals surface area contributed by atoms with Gasteiger partial charge in [-0.15, -0.1) is 0 Å². The molecule has 1 aromatic carbocycles. The topological polar surface area (TPSA) is 83.0 Å². The molecule has 6 nitrogen and oxygen atoms in total. The van der Waals surface area contributed by atoms with E-state index in [-0.39, 0.29) is 12.6 Å². The molecule has 26 heavy (non-hydrogen) atoms. The summed E-state index contributed by atoms with van der Waals surface area (Å²) in [7, 11) is 0. The van der Waals surface area contributed by atoms with Gasteiger partial charge in [0, 0.05) is 34.5 Å². The maximum Gasteiger partial charge on any atom is 0.225 e. The van der Waals surface area contributed by atoms with Gasteiger partial charge in [-0.05, 0) is 59.6 Å². The number of nitrogens with zero attached hydrogens (tertiary/aromatic N) is 3. The molecule has 0 aliphatic carbocycles. The Morgan fingerprint density at radius 1 is 1.19 bits per heavy atom. The van der Waals surface area contributed by atoms with Crippen molar-refractivity contribution in [1.82, 2.24) is 15.0 Å². The number of rotatable bonds is 6. The predicted molar refractivity (Wildman–Crippen MR) is 108 cm³/mol. The summed E-state index contributed by atoms with van der Waals surface area (Å²) >= 11 is 3.57. The van der Waals surface area contributed by atoms with Crippen LogP contribution in [0.3, 0.4) is 0 Å². The molecule has 0 aliphatic heterocycles. The minimum atomic E-state index is -0.155. The first-order valence-corrected chi connectivity index (χ1v) is 9.04. The van der Waals surface area contributed by atoms with E-state index in [0.29, 0.717) is 11.8 Å². The van der Waals surface area contributed by atoms with Crippen molar-refractivity contribution in [3.05, 3.63) is 58.8 Å². The van der Waals surface area contributed by atoms with Crippen LogP contribution >= 0.6 is 15.9 Å². The zero-order valence-electron chi connectivity index (χ0n) is 14.6. The fraction of sp³-hybridized carbons (Fsp3) is 0.211. The first kappa shape index (κ1) is 18.3. The number of hydrogen-bond donors (Lipinski definition) is 3.